The summed E-state index contributed by atoms with van der Waals surface area (Å²) in [4.78, 5) is 46.8. The minimum absolute atomic E-state index is 0.0172. The number of thioether (sulfide) groups is 1. The summed E-state index contributed by atoms with van der Waals surface area (Å²) in [5.74, 6) is 0.127. The van der Waals surface area contributed by atoms with Crippen LogP contribution < -0.4 is 10.6 Å². The van der Waals surface area contributed by atoms with E-state index in [1.807, 2.05) is 0 Å². The van der Waals surface area contributed by atoms with Gasteiger partial charge in [-0.3, -0.25) is 19.7 Å². The molecule has 194 valence electrons. The molecule has 1 aliphatic rings. The minimum atomic E-state index is -1.23. The summed E-state index contributed by atoms with van der Waals surface area (Å²) in [6.07, 6.45) is -0.401. The number of β-lactam (4-membered cyclic amide) rings is 1. The zero-order chi connectivity index (χ0) is 26.2. The topological polar surface area (TPSA) is 137 Å². The van der Waals surface area contributed by atoms with E-state index < -0.39 is 20.1 Å². The maximum Gasteiger partial charge on any atom is 0.407 e. The highest BCUT2D eigenvalue weighted by Crippen LogP contribution is 2.39. The van der Waals surface area contributed by atoms with Crippen molar-refractivity contribution in [2.24, 2.45) is 17.3 Å². The number of rotatable bonds is 12. The smallest absolute Gasteiger partial charge is 0.407 e. The number of benzene rings is 1. The summed E-state index contributed by atoms with van der Waals surface area (Å²) < 4.78 is 11.0. The quantitative estimate of drug-likeness (QED) is 0.139. The van der Waals surface area contributed by atoms with E-state index in [1.165, 1.54) is 24.3 Å². The van der Waals surface area contributed by atoms with Gasteiger partial charge in [0.15, 0.2) is 14.2 Å². The van der Waals surface area contributed by atoms with Crippen molar-refractivity contribution in [3.05, 3.63) is 39.9 Å². The summed E-state index contributed by atoms with van der Waals surface area (Å²) >= 11 is 1.11. The molecule has 1 aliphatic heterocycles. The fourth-order valence-corrected chi connectivity index (χ4v) is 5.08. The van der Waals surface area contributed by atoms with Gasteiger partial charge < -0.3 is 19.8 Å². The minimum Gasteiger partial charge on any atom is -0.445 e. The number of carbonyl (C=O) groups excluding carboxylic acids is 3. The summed E-state index contributed by atoms with van der Waals surface area (Å²) in [5, 5.41) is 16.1. The number of carbonyl (C=O) groups is 3. The standard InChI is InChI=1S/C23H35N3O7SSi/c1-23(2,3)17(14-33-35(4)5)20-18(25-21(20)28)12-19(27)34-11-10-24-22(29)32-13-15-6-8-16(9-7-15)26(30)31/h6-9,17-18,20,35H,10-14H2,1-5H3,(H,24,29)(H,25,28)/t17-,18-,20+/m1/s1. The van der Waals surface area contributed by atoms with Crippen molar-refractivity contribution in [2.75, 3.05) is 18.9 Å². The second kappa shape index (κ2) is 13.0. The van der Waals surface area contributed by atoms with E-state index in [9.17, 15) is 24.5 Å². The van der Waals surface area contributed by atoms with Crippen LogP contribution in [0.15, 0.2) is 24.3 Å². The van der Waals surface area contributed by atoms with Crippen molar-refractivity contribution in [3.63, 3.8) is 0 Å². The number of nitro benzene ring substituents is 1. The van der Waals surface area contributed by atoms with Gasteiger partial charge in [0.25, 0.3) is 5.69 Å². The third-order valence-electron chi connectivity index (χ3n) is 5.76. The van der Waals surface area contributed by atoms with Crippen LogP contribution >= 0.6 is 11.8 Å². The van der Waals surface area contributed by atoms with Gasteiger partial charge in [0, 0.05) is 43.5 Å². The molecule has 10 nitrogen and oxygen atoms in total. The molecule has 0 aliphatic carbocycles. The summed E-state index contributed by atoms with van der Waals surface area (Å²) in [7, 11) is -1.23. The summed E-state index contributed by atoms with van der Waals surface area (Å²) in [5.41, 5.74) is 0.466. The maximum absolute atomic E-state index is 12.5. The van der Waals surface area contributed by atoms with Gasteiger partial charge in [0.2, 0.25) is 5.91 Å². The summed E-state index contributed by atoms with van der Waals surface area (Å²) in [6, 6.07) is 5.53. The first-order chi connectivity index (χ1) is 16.4. The molecule has 2 rings (SSSR count). The van der Waals surface area contributed by atoms with Crippen molar-refractivity contribution in [3.8, 4) is 0 Å². The molecule has 0 bridgehead atoms. The Bertz CT molecular complexity index is 905. The Balaban J connectivity index is 1.70. The highest BCUT2D eigenvalue weighted by atomic mass is 32.2. The average Bonchev–Trinajstić information content (AvgIpc) is 2.77. The number of nitrogens with one attached hydrogen (secondary N) is 2. The normalized spacial score (nSPS) is 18.4. The zero-order valence-electron chi connectivity index (χ0n) is 20.9. The van der Waals surface area contributed by atoms with Gasteiger partial charge >= 0.3 is 6.09 Å². The van der Waals surface area contributed by atoms with Gasteiger partial charge in [-0.1, -0.05) is 32.5 Å². The molecule has 0 spiro atoms. The van der Waals surface area contributed by atoms with Gasteiger partial charge in [-0.2, -0.15) is 0 Å². The fourth-order valence-electron chi connectivity index (χ4n) is 3.76. The molecule has 0 radical (unpaired) electrons. The Labute approximate surface area is 211 Å². The molecule has 1 fully saturated rings. The third kappa shape index (κ3) is 9.26. The third-order valence-corrected chi connectivity index (χ3v) is 7.51. The monoisotopic (exact) mass is 525 g/mol. The molecule has 1 aromatic carbocycles. The van der Waals surface area contributed by atoms with Crippen molar-refractivity contribution < 1.29 is 28.5 Å². The lowest BCUT2D eigenvalue weighted by atomic mass is 9.67. The number of alkyl carbamates (subject to hydrolysis) is 1. The first-order valence-electron chi connectivity index (χ1n) is 11.6. The molecule has 0 saturated carbocycles. The average molecular weight is 526 g/mol. The van der Waals surface area contributed by atoms with Crippen molar-refractivity contribution in [2.45, 2.75) is 52.9 Å². The number of nitro groups is 1. The van der Waals surface area contributed by atoms with Crippen LogP contribution in [-0.4, -0.2) is 56.0 Å². The molecule has 3 atom stereocenters. The summed E-state index contributed by atoms with van der Waals surface area (Å²) in [6.45, 7) is 11.2. The second-order valence-electron chi connectivity index (χ2n) is 9.85. The van der Waals surface area contributed by atoms with E-state index in [0.717, 1.165) is 11.8 Å². The highest BCUT2D eigenvalue weighted by Gasteiger charge is 2.48. The van der Waals surface area contributed by atoms with Gasteiger partial charge in [-0.15, -0.1) is 0 Å². The molecule has 1 saturated heterocycles. The van der Waals surface area contributed by atoms with Crippen LogP contribution in [0.4, 0.5) is 10.5 Å². The molecule has 2 N–H and O–H groups in total. The number of nitrogens with zero attached hydrogens (tertiary/aromatic N) is 1. The van der Waals surface area contributed by atoms with Crippen molar-refractivity contribution >= 4 is 43.6 Å². The van der Waals surface area contributed by atoms with E-state index in [2.05, 4.69) is 44.5 Å². The highest BCUT2D eigenvalue weighted by molar-refractivity contribution is 8.13. The lowest BCUT2D eigenvalue weighted by Gasteiger charge is -2.46. The van der Waals surface area contributed by atoms with Crippen LogP contribution in [0.1, 0.15) is 32.8 Å². The van der Waals surface area contributed by atoms with Crippen molar-refractivity contribution in [1.82, 2.24) is 10.6 Å². The number of hydrogen-bond donors (Lipinski definition) is 2. The maximum atomic E-state index is 12.5. The van der Waals surface area contributed by atoms with E-state index >= 15 is 0 Å². The number of amides is 2. The van der Waals surface area contributed by atoms with Crippen LogP contribution in [0, 0.1) is 27.4 Å². The zero-order valence-corrected chi connectivity index (χ0v) is 22.8. The molecular weight excluding hydrogens is 490 g/mol. The number of hydrogen-bond acceptors (Lipinski definition) is 8. The Kier molecular flexibility index (Phi) is 10.7. The lowest BCUT2D eigenvalue weighted by molar-refractivity contribution is -0.384. The van der Waals surface area contributed by atoms with Crippen LogP contribution in [0.3, 0.4) is 0 Å². The SMILES string of the molecule is C[SiH](C)OC[C@H]([C@@H]1C(=O)N[C@@H]1CC(=O)SCCNC(=O)OCc1ccc([N+](=O)[O-])cc1)C(C)(C)C. The van der Waals surface area contributed by atoms with Crippen LogP contribution in [0.25, 0.3) is 0 Å². The lowest BCUT2D eigenvalue weighted by Crippen LogP contribution is -2.63. The molecular formula is C23H35N3O7SSi. The van der Waals surface area contributed by atoms with Crippen LogP contribution in [0.2, 0.25) is 13.1 Å². The fraction of sp³-hybridized carbons (Fsp3) is 0.609. The van der Waals surface area contributed by atoms with Gasteiger partial charge in [0.1, 0.15) is 6.61 Å². The Hall–Kier alpha value is -2.44. The van der Waals surface area contributed by atoms with Crippen molar-refractivity contribution in [1.29, 1.82) is 0 Å². The Morgan fingerprint density at radius 2 is 1.91 bits per heavy atom. The second-order valence-corrected chi connectivity index (χ2v) is 13.4. The molecule has 35 heavy (non-hydrogen) atoms. The van der Waals surface area contributed by atoms with Gasteiger partial charge in [-0.05, 0) is 42.1 Å². The number of non-ortho nitro benzene ring substituents is 1. The predicted octanol–water partition coefficient (Wildman–Crippen LogP) is 3.25. The number of ether oxygens (including phenoxy) is 1. The van der Waals surface area contributed by atoms with Crippen LogP contribution in [-0.2, 0) is 25.4 Å². The van der Waals surface area contributed by atoms with E-state index in [4.69, 9.17) is 9.16 Å². The molecule has 12 heteroatoms. The largest absolute Gasteiger partial charge is 0.445 e. The first kappa shape index (κ1) is 28.8. The van der Waals surface area contributed by atoms with E-state index in [1.54, 1.807) is 0 Å². The Morgan fingerprint density at radius 3 is 2.46 bits per heavy atom. The van der Waals surface area contributed by atoms with E-state index in [0.29, 0.717) is 17.9 Å². The predicted molar refractivity (Wildman–Crippen MR) is 137 cm³/mol. The molecule has 2 amide bonds. The van der Waals surface area contributed by atoms with E-state index in [-0.39, 0.29) is 59.6 Å². The molecule has 1 heterocycles. The van der Waals surface area contributed by atoms with Gasteiger partial charge in [0.05, 0.1) is 10.8 Å². The first-order valence-corrected chi connectivity index (χ1v) is 15.4. The van der Waals surface area contributed by atoms with Crippen LogP contribution in [0.5, 0.6) is 0 Å². The molecule has 1 aromatic rings. The van der Waals surface area contributed by atoms with Gasteiger partial charge in [-0.25, -0.2) is 4.79 Å². The molecule has 0 aromatic heterocycles. The Morgan fingerprint density at radius 1 is 1.26 bits per heavy atom. The molecule has 0 unspecified atom stereocenters.